The Morgan fingerprint density at radius 2 is 1.75 bits per heavy atom. The molecule has 4 aromatic rings. The number of benzene rings is 3. The fraction of sp³-hybridized carbons (Fsp3) is 0.0455. The first-order valence-electron chi connectivity index (χ1n) is 9.02. The summed E-state index contributed by atoms with van der Waals surface area (Å²) in [7, 11) is 0. The first-order chi connectivity index (χ1) is 15.2. The average Bonchev–Trinajstić information content (AvgIpc) is 3.15. The highest BCUT2D eigenvalue weighted by Crippen LogP contribution is 2.35. The Hall–Kier alpha value is -4.26. The van der Waals surface area contributed by atoms with Crippen LogP contribution in [0.4, 0.5) is 33.3 Å². The van der Waals surface area contributed by atoms with E-state index in [1.165, 1.54) is 48.5 Å². The Balaban J connectivity index is 1.72. The molecule has 4 rings (SSSR count). The van der Waals surface area contributed by atoms with Crippen LogP contribution in [-0.4, -0.2) is 15.5 Å². The van der Waals surface area contributed by atoms with Crippen LogP contribution in [0, 0.1) is 18.2 Å². The maximum Gasteiger partial charge on any atom is 0.450 e. The van der Waals surface area contributed by atoms with Gasteiger partial charge < -0.3 is 5.32 Å². The molecule has 0 bridgehead atoms. The number of amides is 1. The van der Waals surface area contributed by atoms with Crippen molar-refractivity contribution >= 4 is 28.3 Å². The van der Waals surface area contributed by atoms with Crippen molar-refractivity contribution in [2.24, 2.45) is 0 Å². The molecule has 1 N–H and O–H groups in total. The summed E-state index contributed by atoms with van der Waals surface area (Å²) in [5.74, 6) is -4.58. The average molecular weight is 442 g/mol. The molecule has 1 aromatic heterocycles. The highest BCUT2D eigenvalue weighted by molar-refractivity contribution is 6.04. The van der Waals surface area contributed by atoms with Gasteiger partial charge in [0.1, 0.15) is 0 Å². The summed E-state index contributed by atoms with van der Waals surface area (Å²) in [6.45, 7) is 7.10. The predicted molar refractivity (Wildman–Crippen MR) is 107 cm³/mol. The van der Waals surface area contributed by atoms with E-state index in [2.05, 4.69) is 15.1 Å². The van der Waals surface area contributed by atoms with Gasteiger partial charge in [-0.05, 0) is 48.5 Å². The van der Waals surface area contributed by atoms with Gasteiger partial charge in [-0.25, -0.2) is 18.6 Å². The summed E-state index contributed by atoms with van der Waals surface area (Å²) >= 11 is 0. The van der Waals surface area contributed by atoms with E-state index in [1.807, 2.05) is 0 Å². The molecule has 160 valence electrons. The number of nitrogens with one attached hydrogen (secondary N) is 1. The van der Waals surface area contributed by atoms with Gasteiger partial charge in [0, 0.05) is 11.4 Å². The Kier molecular flexibility index (Phi) is 5.10. The number of hydrogen-bond donors (Lipinski definition) is 1. The zero-order chi connectivity index (χ0) is 23.0. The molecule has 3 aromatic carbocycles. The number of hydrogen-bond acceptors (Lipinski definition) is 2. The molecule has 1 amide bonds. The minimum Gasteiger partial charge on any atom is -0.322 e. The first kappa shape index (κ1) is 21.0. The summed E-state index contributed by atoms with van der Waals surface area (Å²) in [5, 5.41) is 2.37. The standard InChI is InChI=1S/C22H11F5N4O/c1-28-13-7-10-17-18(11-13)31(21(30-17)22(25,26)27)14-8-5-12(6-9-14)29-20(32)15-3-2-4-16(23)19(15)24/h2-11H,(H,29,32). The van der Waals surface area contributed by atoms with Crippen LogP contribution in [-0.2, 0) is 6.18 Å². The molecule has 0 atom stereocenters. The number of carbonyl (C=O) groups is 1. The van der Waals surface area contributed by atoms with Crippen molar-refractivity contribution in [2.45, 2.75) is 6.18 Å². The van der Waals surface area contributed by atoms with Crippen molar-refractivity contribution in [2.75, 3.05) is 5.32 Å². The molecule has 0 spiro atoms. The van der Waals surface area contributed by atoms with Crippen LogP contribution in [0.3, 0.4) is 0 Å². The molecule has 5 nitrogen and oxygen atoms in total. The van der Waals surface area contributed by atoms with E-state index < -0.39 is 35.1 Å². The normalized spacial score (nSPS) is 11.4. The van der Waals surface area contributed by atoms with Gasteiger partial charge in [-0.3, -0.25) is 9.36 Å². The molecule has 10 heteroatoms. The summed E-state index contributed by atoms with van der Waals surface area (Å²) in [6.07, 6.45) is -4.76. The Morgan fingerprint density at radius 3 is 2.41 bits per heavy atom. The quantitative estimate of drug-likeness (QED) is 0.307. The second kappa shape index (κ2) is 7.77. The smallest absolute Gasteiger partial charge is 0.322 e. The van der Waals surface area contributed by atoms with Crippen LogP contribution in [0.5, 0.6) is 0 Å². The third-order valence-electron chi connectivity index (χ3n) is 4.60. The third kappa shape index (κ3) is 3.76. The molecule has 0 radical (unpaired) electrons. The number of halogens is 5. The SMILES string of the molecule is [C-]#[N+]c1ccc2nc(C(F)(F)F)n(-c3ccc(NC(=O)c4cccc(F)c4F)cc3)c2c1. The van der Waals surface area contributed by atoms with E-state index in [9.17, 15) is 26.7 Å². The van der Waals surface area contributed by atoms with Gasteiger partial charge in [0.05, 0.1) is 23.2 Å². The lowest BCUT2D eigenvalue weighted by Gasteiger charge is -2.13. The second-order valence-corrected chi connectivity index (χ2v) is 6.66. The van der Waals surface area contributed by atoms with Gasteiger partial charge >= 0.3 is 6.18 Å². The Morgan fingerprint density at radius 1 is 1.03 bits per heavy atom. The van der Waals surface area contributed by atoms with Crippen LogP contribution < -0.4 is 5.32 Å². The van der Waals surface area contributed by atoms with Crippen molar-refractivity contribution < 1.29 is 26.7 Å². The molecule has 0 fully saturated rings. The Bertz CT molecular complexity index is 1380. The van der Waals surface area contributed by atoms with Crippen LogP contribution in [0.25, 0.3) is 21.6 Å². The van der Waals surface area contributed by atoms with Crippen molar-refractivity contribution in [1.82, 2.24) is 9.55 Å². The van der Waals surface area contributed by atoms with Crippen LogP contribution in [0.2, 0.25) is 0 Å². The maximum atomic E-state index is 13.8. The molecule has 0 saturated carbocycles. The number of nitrogens with zero attached hydrogens (tertiary/aromatic N) is 3. The van der Waals surface area contributed by atoms with Crippen molar-refractivity contribution in [1.29, 1.82) is 0 Å². The number of rotatable bonds is 3. The first-order valence-corrected chi connectivity index (χ1v) is 9.02. The van der Waals surface area contributed by atoms with E-state index in [0.717, 1.165) is 16.7 Å². The van der Waals surface area contributed by atoms with Crippen molar-refractivity contribution in [3.63, 3.8) is 0 Å². The van der Waals surface area contributed by atoms with Crippen LogP contribution in [0.15, 0.2) is 60.7 Å². The van der Waals surface area contributed by atoms with E-state index in [1.54, 1.807) is 0 Å². The number of fused-ring (bicyclic) bond motifs is 1. The summed E-state index contributed by atoms with van der Waals surface area (Å²) in [5.41, 5.74) is 0.0151. The molecule has 0 aliphatic rings. The minimum atomic E-state index is -4.76. The zero-order valence-corrected chi connectivity index (χ0v) is 15.9. The van der Waals surface area contributed by atoms with Gasteiger partial charge in [0.2, 0.25) is 5.82 Å². The van der Waals surface area contributed by atoms with Gasteiger partial charge in [-0.1, -0.05) is 12.1 Å². The predicted octanol–water partition coefficient (Wildman–Crippen LogP) is 6.13. The molecule has 0 unspecified atom stereocenters. The van der Waals surface area contributed by atoms with E-state index in [-0.39, 0.29) is 28.1 Å². The molecular formula is C22H11F5N4O. The van der Waals surface area contributed by atoms with Crippen molar-refractivity contribution in [3.8, 4) is 5.69 Å². The molecule has 0 aliphatic heterocycles. The molecule has 0 saturated heterocycles. The third-order valence-corrected chi connectivity index (χ3v) is 4.60. The van der Waals surface area contributed by atoms with E-state index in [4.69, 9.17) is 6.57 Å². The van der Waals surface area contributed by atoms with Gasteiger partial charge in [0.15, 0.2) is 17.3 Å². The monoisotopic (exact) mass is 442 g/mol. The lowest BCUT2D eigenvalue weighted by Crippen LogP contribution is -2.15. The molecular weight excluding hydrogens is 431 g/mol. The largest absolute Gasteiger partial charge is 0.450 e. The van der Waals surface area contributed by atoms with E-state index in [0.29, 0.717) is 0 Å². The highest BCUT2D eigenvalue weighted by atomic mass is 19.4. The van der Waals surface area contributed by atoms with Crippen LogP contribution >= 0.6 is 0 Å². The van der Waals surface area contributed by atoms with Gasteiger partial charge in [0.25, 0.3) is 5.91 Å². The number of imidazole rings is 1. The lowest BCUT2D eigenvalue weighted by atomic mass is 10.2. The molecule has 0 aliphatic carbocycles. The molecule has 1 heterocycles. The fourth-order valence-electron chi connectivity index (χ4n) is 3.16. The number of carbonyl (C=O) groups excluding carboxylic acids is 1. The summed E-state index contributed by atoms with van der Waals surface area (Å²) < 4.78 is 68.8. The van der Waals surface area contributed by atoms with Gasteiger partial charge in [-0.15, -0.1) is 0 Å². The fourth-order valence-corrected chi connectivity index (χ4v) is 3.16. The van der Waals surface area contributed by atoms with Crippen LogP contribution in [0.1, 0.15) is 16.2 Å². The maximum absolute atomic E-state index is 13.8. The zero-order valence-electron chi connectivity index (χ0n) is 15.9. The number of aromatic nitrogens is 2. The van der Waals surface area contributed by atoms with Gasteiger partial charge in [-0.2, -0.15) is 13.2 Å². The molecule has 32 heavy (non-hydrogen) atoms. The number of alkyl halides is 3. The minimum absolute atomic E-state index is 0.0590. The second-order valence-electron chi connectivity index (χ2n) is 6.66. The lowest BCUT2D eigenvalue weighted by molar-refractivity contribution is -0.145. The van der Waals surface area contributed by atoms with Crippen molar-refractivity contribution in [3.05, 3.63) is 95.1 Å². The summed E-state index contributed by atoms with van der Waals surface area (Å²) in [4.78, 5) is 19.1. The summed E-state index contributed by atoms with van der Waals surface area (Å²) in [6, 6.07) is 12.4. The highest BCUT2D eigenvalue weighted by Gasteiger charge is 2.38. The topological polar surface area (TPSA) is 51.3 Å². The number of anilines is 1. The Labute approximate surface area is 177 Å². The van der Waals surface area contributed by atoms with E-state index >= 15 is 0 Å².